The van der Waals surface area contributed by atoms with Gasteiger partial charge in [-0.25, -0.2) is 15.0 Å². The maximum Gasteiger partial charge on any atom is 0.181 e. The van der Waals surface area contributed by atoms with E-state index in [-0.39, 0.29) is 0 Å². The van der Waals surface area contributed by atoms with Gasteiger partial charge in [0.05, 0.1) is 11.9 Å². The van der Waals surface area contributed by atoms with Crippen molar-refractivity contribution in [2.75, 3.05) is 5.32 Å². The van der Waals surface area contributed by atoms with Gasteiger partial charge >= 0.3 is 0 Å². The maximum atomic E-state index is 5.22. The summed E-state index contributed by atoms with van der Waals surface area (Å²) >= 11 is 1.67. The molecule has 0 unspecified atom stereocenters. The Morgan fingerprint density at radius 2 is 2.00 bits per heavy atom. The molecule has 0 saturated heterocycles. The predicted molar refractivity (Wildman–Crippen MR) is 91.4 cm³/mol. The summed E-state index contributed by atoms with van der Waals surface area (Å²) < 4.78 is 5.22. The van der Waals surface area contributed by atoms with Crippen LogP contribution in [0.4, 0.5) is 5.82 Å². The van der Waals surface area contributed by atoms with Crippen LogP contribution in [0.5, 0.6) is 0 Å². The summed E-state index contributed by atoms with van der Waals surface area (Å²) in [6, 6.07) is 12.4. The first-order valence-electron chi connectivity index (χ1n) is 7.24. The second kappa shape index (κ2) is 5.81. The Bertz CT molecular complexity index is 946. The van der Waals surface area contributed by atoms with Gasteiger partial charge in [-0.2, -0.15) is 0 Å². The standard InChI is InChI=1S/C17H14N4OS/c1-11-14(21-10-22-11)8-18-16-13-7-15(12-5-3-2-4-6-12)23-17(13)20-9-19-16/h2-7,9-10H,8H2,1H3,(H,18,19,20). The van der Waals surface area contributed by atoms with E-state index in [0.29, 0.717) is 6.54 Å². The molecular formula is C17H14N4OS. The summed E-state index contributed by atoms with van der Waals surface area (Å²) in [5.41, 5.74) is 2.07. The lowest BCUT2D eigenvalue weighted by Crippen LogP contribution is -2.03. The van der Waals surface area contributed by atoms with Crippen molar-refractivity contribution in [3.63, 3.8) is 0 Å². The highest BCUT2D eigenvalue weighted by Gasteiger charge is 2.11. The van der Waals surface area contributed by atoms with Gasteiger partial charge in [0.2, 0.25) is 0 Å². The van der Waals surface area contributed by atoms with Gasteiger partial charge in [0.1, 0.15) is 28.4 Å². The van der Waals surface area contributed by atoms with Crippen LogP contribution in [-0.4, -0.2) is 15.0 Å². The van der Waals surface area contributed by atoms with Crippen molar-refractivity contribution >= 4 is 27.4 Å². The molecule has 0 atom stereocenters. The Balaban J connectivity index is 1.68. The third-order valence-electron chi connectivity index (χ3n) is 3.66. The molecule has 4 aromatic rings. The van der Waals surface area contributed by atoms with Crippen molar-refractivity contribution in [2.45, 2.75) is 13.5 Å². The number of thiophene rings is 1. The van der Waals surface area contributed by atoms with Crippen LogP contribution in [-0.2, 0) is 6.54 Å². The SMILES string of the molecule is Cc1ocnc1CNc1ncnc2sc(-c3ccccc3)cc12. The molecule has 1 aromatic carbocycles. The number of anilines is 1. The average Bonchev–Trinajstić information content (AvgIpc) is 3.20. The highest BCUT2D eigenvalue weighted by molar-refractivity contribution is 7.21. The zero-order valence-corrected chi connectivity index (χ0v) is 13.3. The Morgan fingerprint density at radius 1 is 1.13 bits per heavy atom. The summed E-state index contributed by atoms with van der Waals surface area (Å²) in [6.45, 7) is 2.47. The van der Waals surface area contributed by atoms with Crippen LogP contribution in [0.25, 0.3) is 20.7 Å². The van der Waals surface area contributed by atoms with Crippen molar-refractivity contribution in [1.29, 1.82) is 0 Å². The van der Waals surface area contributed by atoms with Gasteiger partial charge in [0.15, 0.2) is 6.39 Å². The van der Waals surface area contributed by atoms with Gasteiger partial charge < -0.3 is 9.73 Å². The van der Waals surface area contributed by atoms with E-state index in [1.165, 1.54) is 16.8 Å². The molecule has 0 aliphatic rings. The number of hydrogen-bond donors (Lipinski definition) is 1. The lowest BCUT2D eigenvalue weighted by molar-refractivity contribution is 0.524. The Kier molecular flexibility index (Phi) is 3.51. The zero-order chi connectivity index (χ0) is 15.6. The minimum absolute atomic E-state index is 0.574. The van der Waals surface area contributed by atoms with Crippen LogP contribution in [0.3, 0.4) is 0 Å². The fraction of sp³-hybridized carbons (Fsp3) is 0.118. The lowest BCUT2D eigenvalue weighted by Gasteiger charge is -2.04. The van der Waals surface area contributed by atoms with E-state index in [1.54, 1.807) is 17.7 Å². The van der Waals surface area contributed by atoms with Gasteiger partial charge in [-0.3, -0.25) is 0 Å². The van der Waals surface area contributed by atoms with Crippen LogP contribution >= 0.6 is 11.3 Å². The summed E-state index contributed by atoms with van der Waals surface area (Å²) in [5, 5.41) is 4.35. The Hall–Kier alpha value is -2.73. The van der Waals surface area contributed by atoms with Crippen LogP contribution < -0.4 is 5.32 Å². The molecule has 0 fully saturated rings. The van der Waals surface area contributed by atoms with Crippen molar-refractivity contribution in [3.8, 4) is 10.4 Å². The minimum Gasteiger partial charge on any atom is -0.448 e. The number of oxazole rings is 1. The van der Waals surface area contributed by atoms with Crippen LogP contribution in [0.15, 0.2) is 53.5 Å². The van der Waals surface area contributed by atoms with Crippen LogP contribution in [0.2, 0.25) is 0 Å². The summed E-state index contributed by atoms with van der Waals surface area (Å²) in [6.07, 6.45) is 3.05. The number of aryl methyl sites for hydroxylation is 1. The Morgan fingerprint density at radius 3 is 2.78 bits per heavy atom. The van der Waals surface area contributed by atoms with E-state index in [2.05, 4.69) is 38.5 Å². The van der Waals surface area contributed by atoms with Gasteiger partial charge in [-0.05, 0) is 18.6 Å². The zero-order valence-electron chi connectivity index (χ0n) is 12.5. The molecule has 5 nitrogen and oxygen atoms in total. The highest BCUT2D eigenvalue weighted by atomic mass is 32.1. The first kappa shape index (κ1) is 13.9. The van der Waals surface area contributed by atoms with Crippen molar-refractivity contribution in [3.05, 3.63) is 60.6 Å². The number of hydrogen-bond acceptors (Lipinski definition) is 6. The molecule has 1 N–H and O–H groups in total. The van der Waals surface area contributed by atoms with Crippen molar-refractivity contribution < 1.29 is 4.42 Å². The van der Waals surface area contributed by atoms with Crippen LogP contribution in [0.1, 0.15) is 11.5 Å². The molecule has 3 aromatic heterocycles. The first-order chi connectivity index (χ1) is 11.3. The molecule has 0 saturated carbocycles. The summed E-state index contributed by atoms with van der Waals surface area (Å²) in [4.78, 5) is 15.1. The smallest absolute Gasteiger partial charge is 0.181 e. The molecular weight excluding hydrogens is 308 g/mol. The number of fused-ring (bicyclic) bond motifs is 1. The first-order valence-corrected chi connectivity index (χ1v) is 8.06. The van der Waals surface area contributed by atoms with Crippen molar-refractivity contribution in [1.82, 2.24) is 15.0 Å². The molecule has 0 amide bonds. The molecule has 6 heteroatoms. The molecule has 3 heterocycles. The molecule has 23 heavy (non-hydrogen) atoms. The fourth-order valence-corrected chi connectivity index (χ4v) is 3.41. The molecule has 0 aliphatic carbocycles. The summed E-state index contributed by atoms with van der Waals surface area (Å²) in [5.74, 6) is 1.63. The predicted octanol–water partition coefficient (Wildman–Crippen LogP) is 4.27. The quantitative estimate of drug-likeness (QED) is 0.608. The van der Waals surface area contributed by atoms with Crippen molar-refractivity contribution in [2.24, 2.45) is 0 Å². The van der Waals surface area contributed by atoms with E-state index in [1.807, 2.05) is 25.1 Å². The molecule has 4 rings (SSSR count). The maximum absolute atomic E-state index is 5.22. The monoisotopic (exact) mass is 322 g/mol. The van der Waals surface area contributed by atoms with E-state index in [4.69, 9.17) is 4.42 Å². The minimum atomic E-state index is 0.574. The molecule has 114 valence electrons. The molecule has 0 radical (unpaired) electrons. The van der Waals surface area contributed by atoms with E-state index in [9.17, 15) is 0 Å². The average molecular weight is 322 g/mol. The van der Waals surface area contributed by atoms with Gasteiger partial charge in [-0.15, -0.1) is 11.3 Å². The molecule has 0 aliphatic heterocycles. The van der Waals surface area contributed by atoms with E-state index < -0.39 is 0 Å². The molecule has 0 spiro atoms. The number of benzene rings is 1. The normalized spacial score (nSPS) is 11.0. The molecule has 0 bridgehead atoms. The second-order valence-electron chi connectivity index (χ2n) is 5.13. The van der Waals surface area contributed by atoms with E-state index in [0.717, 1.165) is 27.5 Å². The Labute approximate surface area is 137 Å². The van der Waals surface area contributed by atoms with Gasteiger partial charge in [0.25, 0.3) is 0 Å². The van der Waals surface area contributed by atoms with Gasteiger partial charge in [0, 0.05) is 4.88 Å². The second-order valence-corrected chi connectivity index (χ2v) is 6.16. The fourth-order valence-electron chi connectivity index (χ4n) is 2.41. The number of nitrogens with zero attached hydrogens (tertiary/aromatic N) is 3. The topological polar surface area (TPSA) is 63.8 Å². The summed E-state index contributed by atoms with van der Waals surface area (Å²) in [7, 11) is 0. The lowest BCUT2D eigenvalue weighted by atomic mass is 10.2. The van der Waals surface area contributed by atoms with Gasteiger partial charge in [-0.1, -0.05) is 30.3 Å². The largest absolute Gasteiger partial charge is 0.448 e. The number of nitrogens with one attached hydrogen (secondary N) is 1. The third-order valence-corrected chi connectivity index (χ3v) is 4.75. The third kappa shape index (κ3) is 2.68. The van der Waals surface area contributed by atoms with Crippen LogP contribution in [0, 0.1) is 6.92 Å². The number of rotatable bonds is 4. The number of aromatic nitrogens is 3. The highest BCUT2D eigenvalue weighted by Crippen LogP contribution is 2.34. The van der Waals surface area contributed by atoms with E-state index >= 15 is 0 Å².